The van der Waals surface area contributed by atoms with E-state index in [1.54, 1.807) is 12.6 Å². The van der Waals surface area contributed by atoms with Crippen LogP contribution in [0.15, 0.2) is 48.6 Å². The van der Waals surface area contributed by atoms with Crippen LogP contribution in [0.4, 0.5) is 5.69 Å². The minimum atomic E-state index is -2.43. The van der Waals surface area contributed by atoms with Crippen molar-refractivity contribution in [2.45, 2.75) is 92.6 Å². The molecule has 9 rings (SSSR count). The van der Waals surface area contributed by atoms with Crippen molar-refractivity contribution >= 4 is 28.5 Å². The van der Waals surface area contributed by atoms with Crippen LogP contribution in [0.5, 0.6) is 5.75 Å². The Morgan fingerprint density at radius 1 is 1.04 bits per heavy atom. The molecule has 3 fully saturated rings. The van der Waals surface area contributed by atoms with E-state index in [9.17, 15) is 25.3 Å². The van der Waals surface area contributed by atoms with E-state index in [0.29, 0.717) is 88.2 Å². The van der Waals surface area contributed by atoms with Gasteiger partial charge in [-0.1, -0.05) is 44.2 Å². The second-order valence-corrected chi connectivity index (χ2v) is 17.6. The lowest BCUT2D eigenvalue weighted by atomic mass is 9.47. The van der Waals surface area contributed by atoms with Crippen molar-refractivity contribution < 1.29 is 39.6 Å². The van der Waals surface area contributed by atoms with Gasteiger partial charge in [-0.2, -0.15) is 0 Å². The molecule has 6 N–H and O–H groups in total. The van der Waals surface area contributed by atoms with Gasteiger partial charge in [0.25, 0.3) is 5.91 Å². The molecule has 300 valence electrons. The number of aliphatic hydroxyl groups is 3. The fourth-order valence-corrected chi connectivity index (χ4v) is 13.1. The lowest BCUT2D eigenvalue weighted by Gasteiger charge is -2.63. The molecule has 0 radical (unpaired) electrons. The Labute approximate surface area is 327 Å². The van der Waals surface area contributed by atoms with Gasteiger partial charge in [0.2, 0.25) is 0 Å². The van der Waals surface area contributed by atoms with E-state index in [-0.39, 0.29) is 12.0 Å². The number of piperidine rings is 1. The minimum Gasteiger partial charge on any atom is -0.496 e. The number of rotatable bonds is 6. The van der Waals surface area contributed by atoms with Crippen molar-refractivity contribution in [1.82, 2.24) is 20.3 Å². The number of methoxy groups -OCH3 is 2. The van der Waals surface area contributed by atoms with E-state index in [1.807, 2.05) is 62.2 Å². The number of fused-ring (bicyclic) bond motifs is 6. The largest absolute Gasteiger partial charge is 0.496 e. The van der Waals surface area contributed by atoms with Crippen LogP contribution in [0.25, 0.3) is 10.9 Å². The summed E-state index contributed by atoms with van der Waals surface area (Å²) in [5, 5.41) is 48.3. The third-order valence-electron chi connectivity index (χ3n) is 15.3. The number of anilines is 1. The van der Waals surface area contributed by atoms with Crippen LogP contribution in [0.2, 0.25) is 0 Å². The van der Waals surface area contributed by atoms with Crippen LogP contribution in [0.3, 0.4) is 0 Å². The number of benzene rings is 2. The van der Waals surface area contributed by atoms with Crippen LogP contribution in [-0.4, -0.2) is 131 Å². The molecule has 5 aliphatic heterocycles. The van der Waals surface area contributed by atoms with Gasteiger partial charge in [-0.25, -0.2) is 5.48 Å². The molecule has 13 heteroatoms. The first-order chi connectivity index (χ1) is 26.8. The summed E-state index contributed by atoms with van der Waals surface area (Å²) in [6, 6.07) is 10.8. The molecule has 1 saturated carbocycles. The number of ether oxygens (including phenoxy) is 2. The number of H-pyrrole nitrogens is 1. The number of aromatic amines is 1. The van der Waals surface area contributed by atoms with Crippen LogP contribution in [-0.2, 0) is 31.6 Å². The van der Waals surface area contributed by atoms with Crippen LogP contribution < -0.4 is 15.1 Å². The Balaban J connectivity index is 1.36. The molecule has 2 aromatic carbocycles. The highest BCUT2D eigenvalue weighted by molar-refractivity contribution is 5.95. The SMILES string of the molecule is CCC1(O)C[C@H]2C[N@](CCc3c([nH]c4ccccc34)[C@@](C(=O)OC)(c3cc4c(cc3OC)N(C)C3[C@]45CCN4CC=C[C@](CC)(C45)[C@@H](O)[C@]3(O)C(=O)NO)C2)C1. The van der Waals surface area contributed by atoms with Crippen LogP contribution >= 0.6 is 0 Å². The lowest BCUT2D eigenvalue weighted by molar-refractivity contribution is -0.208. The molecule has 56 heavy (non-hydrogen) atoms. The number of carbonyl (C=O) groups excluding carboxylic acids is 2. The number of aromatic nitrogens is 1. The summed E-state index contributed by atoms with van der Waals surface area (Å²) in [5.41, 5.74) is -0.232. The van der Waals surface area contributed by atoms with Gasteiger partial charge in [0, 0.05) is 84.0 Å². The Bertz CT molecular complexity index is 2140. The van der Waals surface area contributed by atoms with Crippen molar-refractivity contribution in [3.05, 3.63) is 70.9 Å². The van der Waals surface area contributed by atoms with Gasteiger partial charge in [0.1, 0.15) is 17.3 Å². The van der Waals surface area contributed by atoms with Gasteiger partial charge >= 0.3 is 5.97 Å². The molecule has 3 unspecified atom stereocenters. The normalized spacial score (nSPS) is 38.4. The zero-order valence-corrected chi connectivity index (χ0v) is 33.0. The molecule has 2 bridgehead atoms. The Morgan fingerprint density at radius 2 is 1.82 bits per heavy atom. The number of esters is 1. The third kappa shape index (κ3) is 4.58. The van der Waals surface area contributed by atoms with Gasteiger partial charge in [-0.15, -0.1) is 0 Å². The molecule has 1 aliphatic carbocycles. The zero-order chi connectivity index (χ0) is 39.6. The molecule has 10 atom stereocenters. The van der Waals surface area contributed by atoms with E-state index >= 15 is 4.79 Å². The van der Waals surface area contributed by atoms with E-state index in [0.717, 1.165) is 27.7 Å². The number of hydrogen-bond donors (Lipinski definition) is 6. The summed E-state index contributed by atoms with van der Waals surface area (Å²) in [4.78, 5) is 39.4. The summed E-state index contributed by atoms with van der Waals surface area (Å²) >= 11 is 0. The van der Waals surface area contributed by atoms with E-state index in [1.165, 1.54) is 7.11 Å². The summed E-state index contributed by atoms with van der Waals surface area (Å²) in [6.07, 6.45) is 5.45. The number of aliphatic hydroxyl groups excluding tert-OH is 1. The number of amides is 1. The van der Waals surface area contributed by atoms with Gasteiger partial charge in [0.05, 0.1) is 25.9 Å². The van der Waals surface area contributed by atoms with Gasteiger partial charge in [0.15, 0.2) is 5.60 Å². The summed E-state index contributed by atoms with van der Waals surface area (Å²) < 4.78 is 12.2. The first-order valence-corrected chi connectivity index (χ1v) is 20.2. The predicted molar refractivity (Wildman–Crippen MR) is 209 cm³/mol. The van der Waals surface area contributed by atoms with Crippen molar-refractivity contribution in [1.29, 1.82) is 0 Å². The number of para-hydroxylation sites is 1. The molecule has 3 aromatic rings. The standard InChI is InChI=1S/C43H55N5O8/c1-6-39(52)21-25-22-42(38(51)56-5,33-27(13-17-47(23-25)24-39)26-11-8-9-12-30(26)44-33)29-19-28-31(20-32(29)55-4)46(3)35-41(28)15-18-48-16-10-14-40(7-2,34(41)48)36(49)43(35,53)37(50)45-54/h8-12,14,19-20,25,34-36,44,49,52-54H,6-7,13,15-18,21-24H2,1-5H3,(H,45,50)/t25-,34?,35?,36-,39?,40-,41-,42+,43+/m1/s1. The van der Waals surface area contributed by atoms with Gasteiger partial charge < -0.3 is 34.7 Å². The minimum absolute atomic E-state index is 0.0990. The van der Waals surface area contributed by atoms with E-state index in [2.05, 4.69) is 26.9 Å². The average molecular weight is 770 g/mol. The number of likely N-dealkylation sites (N-methyl/N-ethyl adjacent to an activating group) is 1. The number of carbonyl (C=O) groups is 2. The summed E-state index contributed by atoms with van der Waals surface area (Å²) in [6.45, 7) is 7.24. The second kappa shape index (κ2) is 12.8. The first-order valence-electron chi connectivity index (χ1n) is 20.2. The lowest BCUT2D eigenvalue weighted by Crippen LogP contribution is -2.81. The molecule has 1 spiro atoms. The maximum Gasteiger partial charge on any atom is 0.322 e. The van der Waals surface area contributed by atoms with Gasteiger partial charge in [-0.3, -0.25) is 24.6 Å². The summed E-state index contributed by atoms with van der Waals surface area (Å²) in [7, 11) is 4.82. The second-order valence-electron chi connectivity index (χ2n) is 17.6. The highest BCUT2D eigenvalue weighted by atomic mass is 16.5. The topological polar surface area (TPSA) is 171 Å². The monoisotopic (exact) mass is 769 g/mol. The highest BCUT2D eigenvalue weighted by Crippen LogP contribution is 2.67. The zero-order valence-electron chi connectivity index (χ0n) is 33.0. The van der Waals surface area contributed by atoms with Crippen molar-refractivity contribution in [2.24, 2.45) is 11.3 Å². The average Bonchev–Trinajstić information content (AvgIpc) is 3.87. The Hall–Kier alpha value is -3.98. The van der Waals surface area contributed by atoms with Crippen molar-refractivity contribution in [2.75, 3.05) is 58.9 Å². The number of hydrogen-bond acceptors (Lipinski definition) is 11. The number of nitrogens with zero attached hydrogens (tertiary/aromatic N) is 3. The quantitative estimate of drug-likeness (QED) is 0.0944. The molecular weight excluding hydrogens is 715 g/mol. The highest BCUT2D eigenvalue weighted by Gasteiger charge is 2.78. The molecule has 1 amide bonds. The molecule has 6 aliphatic rings. The first kappa shape index (κ1) is 37.6. The molecule has 13 nitrogen and oxygen atoms in total. The fourth-order valence-electron chi connectivity index (χ4n) is 13.1. The predicted octanol–water partition coefficient (Wildman–Crippen LogP) is 2.75. The van der Waals surface area contributed by atoms with E-state index < -0.39 is 51.5 Å². The molecule has 6 heterocycles. The molecular formula is C43H55N5O8. The van der Waals surface area contributed by atoms with Gasteiger partial charge in [-0.05, 0) is 74.2 Å². The van der Waals surface area contributed by atoms with Crippen molar-refractivity contribution in [3.8, 4) is 5.75 Å². The molecule has 1 aromatic heterocycles. The number of nitrogens with one attached hydrogen (secondary N) is 2. The van der Waals surface area contributed by atoms with Crippen LogP contribution in [0.1, 0.15) is 68.3 Å². The summed E-state index contributed by atoms with van der Waals surface area (Å²) in [5.74, 6) is -1.18. The maximum absolute atomic E-state index is 15.2. The number of hydroxylamine groups is 1. The Kier molecular flexibility index (Phi) is 8.56. The smallest absolute Gasteiger partial charge is 0.322 e. The van der Waals surface area contributed by atoms with Crippen LogP contribution in [0, 0.1) is 11.3 Å². The van der Waals surface area contributed by atoms with E-state index in [4.69, 9.17) is 9.47 Å². The molecule has 2 saturated heterocycles. The third-order valence-corrected chi connectivity index (χ3v) is 15.3. The maximum atomic E-state index is 15.2. The Morgan fingerprint density at radius 3 is 2.54 bits per heavy atom. The fraction of sp³-hybridized carbons (Fsp3) is 0.581. The van der Waals surface area contributed by atoms with Crippen molar-refractivity contribution in [3.63, 3.8) is 0 Å².